The highest BCUT2D eigenvalue weighted by molar-refractivity contribution is 6.30. The molecule has 1 heterocycles. The van der Waals surface area contributed by atoms with E-state index in [4.69, 9.17) is 16.3 Å². The number of nitrogens with zero attached hydrogens (tertiary/aromatic N) is 1. The van der Waals surface area contributed by atoms with Crippen molar-refractivity contribution in [2.45, 2.75) is 27.3 Å². The van der Waals surface area contributed by atoms with Gasteiger partial charge in [0.25, 0.3) is 5.91 Å². The molecule has 6 heteroatoms. The first kappa shape index (κ1) is 20.7. The zero-order chi connectivity index (χ0) is 21.0. The molecule has 0 atom stereocenters. The van der Waals surface area contributed by atoms with Crippen molar-refractivity contribution in [3.63, 3.8) is 0 Å². The van der Waals surface area contributed by atoms with E-state index in [1.165, 1.54) is 0 Å². The van der Waals surface area contributed by atoms with Crippen LogP contribution in [0.25, 0.3) is 0 Å². The van der Waals surface area contributed by atoms with Crippen LogP contribution in [-0.4, -0.2) is 23.1 Å². The van der Waals surface area contributed by atoms with Crippen molar-refractivity contribution in [3.05, 3.63) is 87.7 Å². The molecule has 0 spiro atoms. The van der Waals surface area contributed by atoms with Crippen molar-refractivity contribution in [3.8, 4) is 0 Å². The van der Waals surface area contributed by atoms with Crippen molar-refractivity contribution < 1.29 is 14.3 Å². The van der Waals surface area contributed by atoms with Gasteiger partial charge < -0.3 is 14.6 Å². The zero-order valence-corrected chi connectivity index (χ0v) is 17.4. The van der Waals surface area contributed by atoms with E-state index in [1.54, 1.807) is 38.1 Å². The molecule has 1 amide bonds. The second kappa shape index (κ2) is 8.97. The van der Waals surface area contributed by atoms with Gasteiger partial charge in [0.15, 0.2) is 0 Å². The fourth-order valence-electron chi connectivity index (χ4n) is 3.38. The van der Waals surface area contributed by atoms with Crippen LogP contribution in [0, 0.1) is 13.8 Å². The Labute approximate surface area is 175 Å². The number of rotatable bonds is 6. The topological polar surface area (TPSA) is 60.3 Å². The van der Waals surface area contributed by atoms with Gasteiger partial charge in [-0.05, 0) is 56.2 Å². The van der Waals surface area contributed by atoms with Gasteiger partial charge in [-0.15, -0.1) is 0 Å². The molecular formula is C23H23ClN2O3. The largest absolute Gasteiger partial charge is 0.461 e. The first-order valence-corrected chi connectivity index (χ1v) is 9.77. The van der Waals surface area contributed by atoms with Crippen LogP contribution in [0.5, 0.6) is 0 Å². The molecule has 0 saturated carbocycles. The summed E-state index contributed by atoms with van der Waals surface area (Å²) < 4.78 is 7.11. The fourth-order valence-corrected chi connectivity index (χ4v) is 3.51. The van der Waals surface area contributed by atoms with Gasteiger partial charge in [-0.2, -0.15) is 0 Å². The van der Waals surface area contributed by atoms with Crippen LogP contribution >= 0.6 is 11.6 Å². The predicted octanol–water partition coefficient (Wildman–Crippen LogP) is 5.24. The van der Waals surface area contributed by atoms with E-state index >= 15 is 0 Å². The molecule has 0 saturated heterocycles. The summed E-state index contributed by atoms with van der Waals surface area (Å²) in [5.41, 5.74) is 3.84. The number of hydrogen-bond donors (Lipinski definition) is 1. The molecule has 5 nitrogen and oxygen atoms in total. The lowest BCUT2D eigenvalue weighted by Gasteiger charge is -2.12. The second-order valence-corrected chi connectivity index (χ2v) is 7.12. The van der Waals surface area contributed by atoms with Crippen LogP contribution in [0.4, 0.5) is 5.69 Å². The predicted molar refractivity (Wildman–Crippen MR) is 115 cm³/mol. The number of anilines is 1. The van der Waals surface area contributed by atoms with E-state index < -0.39 is 5.97 Å². The lowest BCUT2D eigenvalue weighted by Crippen LogP contribution is -2.15. The molecule has 3 aromatic rings. The Balaban J connectivity index is 2.02. The summed E-state index contributed by atoms with van der Waals surface area (Å²) >= 11 is 5.91. The normalized spacial score (nSPS) is 10.6. The van der Waals surface area contributed by atoms with Crippen molar-refractivity contribution in [2.75, 3.05) is 11.9 Å². The van der Waals surface area contributed by atoms with E-state index in [2.05, 4.69) is 5.32 Å². The van der Waals surface area contributed by atoms with Crippen LogP contribution in [0.3, 0.4) is 0 Å². The molecule has 0 aliphatic carbocycles. The third-order valence-electron chi connectivity index (χ3n) is 4.75. The lowest BCUT2D eigenvalue weighted by atomic mass is 10.1. The number of carbonyl (C=O) groups excluding carboxylic acids is 2. The van der Waals surface area contributed by atoms with E-state index in [1.807, 2.05) is 41.8 Å². The summed E-state index contributed by atoms with van der Waals surface area (Å²) in [7, 11) is 0. The number of benzene rings is 2. The average molecular weight is 411 g/mol. The van der Waals surface area contributed by atoms with Gasteiger partial charge in [-0.3, -0.25) is 4.79 Å². The molecule has 150 valence electrons. The molecule has 0 aliphatic heterocycles. The number of aromatic nitrogens is 1. The highest BCUT2D eigenvalue weighted by atomic mass is 35.5. The van der Waals surface area contributed by atoms with Crippen LogP contribution in [0.2, 0.25) is 5.02 Å². The molecule has 0 fully saturated rings. The highest BCUT2D eigenvalue weighted by Crippen LogP contribution is 2.26. The monoisotopic (exact) mass is 410 g/mol. The first-order valence-electron chi connectivity index (χ1n) is 9.40. The Kier molecular flexibility index (Phi) is 6.39. The van der Waals surface area contributed by atoms with Crippen molar-refractivity contribution >= 4 is 29.2 Å². The third kappa shape index (κ3) is 4.51. The zero-order valence-electron chi connectivity index (χ0n) is 16.7. The maximum Gasteiger partial charge on any atom is 0.355 e. The van der Waals surface area contributed by atoms with E-state index in [9.17, 15) is 9.59 Å². The summed E-state index contributed by atoms with van der Waals surface area (Å²) in [5.74, 6) is -0.714. The molecule has 29 heavy (non-hydrogen) atoms. The molecule has 2 aromatic carbocycles. The lowest BCUT2D eigenvalue weighted by molar-refractivity contribution is 0.0513. The molecule has 1 aromatic heterocycles. The molecule has 0 bridgehead atoms. The van der Waals surface area contributed by atoms with Crippen LogP contribution in [0.1, 0.15) is 44.6 Å². The van der Waals surface area contributed by atoms with Gasteiger partial charge in [-0.25, -0.2) is 4.79 Å². The van der Waals surface area contributed by atoms with Gasteiger partial charge >= 0.3 is 5.97 Å². The number of halogens is 1. The van der Waals surface area contributed by atoms with Crippen LogP contribution < -0.4 is 5.32 Å². The minimum atomic E-state index is -0.436. The number of hydrogen-bond acceptors (Lipinski definition) is 3. The molecule has 0 unspecified atom stereocenters. The van der Waals surface area contributed by atoms with Crippen LogP contribution in [-0.2, 0) is 11.3 Å². The third-order valence-corrected chi connectivity index (χ3v) is 5.00. The maximum absolute atomic E-state index is 13.0. The molecule has 3 rings (SSSR count). The van der Waals surface area contributed by atoms with E-state index in [0.29, 0.717) is 39.8 Å². The summed E-state index contributed by atoms with van der Waals surface area (Å²) in [6, 6.07) is 16.7. The van der Waals surface area contributed by atoms with E-state index in [0.717, 1.165) is 5.56 Å². The highest BCUT2D eigenvalue weighted by Gasteiger charge is 2.27. The van der Waals surface area contributed by atoms with Crippen molar-refractivity contribution in [1.29, 1.82) is 0 Å². The summed E-state index contributed by atoms with van der Waals surface area (Å²) in [6.07, 6.45) is 0. The Bertz CT molecular complexity index is 1020. The summed E-state index contributed by atoms with van der Waals surface area (Å²) in [4.78, 5) is 25.7. The Morgan fingerprint density at radius 3 is 2.31 bits per heavy atom. The molecule has 0 aliphatic rings. The standard InChI is InChI=1S/C23H23ClN2O3/c1-4-29-23(28)21-15(2)20(22(27)25-19-12-10-18(24)11-13-19)16(3)26(21)14-17-8-6-5-7-9-17/h5-13H,4,14H2,1-3H3,(H,25,27). The Morgan fingerprint density at radius 2 is 1.69 bits per heavy atom. The number of carbonyl (C=O) groups is 2. The molecular weight excluding hydrogens is 388 g/mol. The minimum Gasteiger partial charge on any atom is -0.461 e. The quantitative estimate of drug-likeness (QED) is 0.565. The van der Waals surface area contributed by atoms with Gasteiger partial charge in [0.2, 0.25) is 0 Å². The maximum atomic E-state index is 13.0. The number of nitrogens with one attached hydrogen (secondary N) is 1. The van der Waals surface area contributed by atoms with Gasteiger partial charge in [-0.1, -0.05) is 41.9 Å². The van der Waals surface area contributed by atoms with Gasteiger partial charge in [0.05, 0.1) is 12.2 Å². The fraction of sp³-hybridized carbons (Fsp3) is 0.217. The average Bonchev–Trinajstić information content (AvgIpc) is 2.94. The van der Waals surface area contributed by atoms with Gasteiger partial charge in [0, 0.05) is 22.9 Å². The summed E-state index contributed by atoms with van der Waals surface area (Å²) in [5, 5.41) is 3.47. The van der Waals surface area contributed by atoms with Crippen LogP contribution in [0.15, 0.2) is 54.6 Å². The Morgan fingerprint density at radius 1 is 1.03 bits per heavy atom. The summed E-state index contributed by atoms with van der Waals surface area (Å²) in [6.45, 7) is 6.11. The van der Waals surface area contributed by atoms with E-state index in [-0.39, 0.29) is 12.5 Å². The number of esters is 1. The minimum absolute atomic E-state index is 0.264. The van der Waals surface area contributed by atoms with Crippen molar-refractivity contribution in [2.24, 2.45) is 0 Å². The number of ether oxygens (including phenoxy) is 1. The van der Waals surface area contributed by atoms with Crippen molar-refractivity contribution in [1.82, 2.24) is 4.57 Å². The number of amides is 1. The van der Waals surface area contributed by atoms with Gasteiger partial charge in [0.1, 0.15) is 5.69 Å². The SMILES string of the molecule is CCOC(=O)c1c(C)c(C(=O)Nc2ccc(Cl)cc2)c(C)n1Cc1ccccc1. The molecule has 1 N–H and O–H groups in total. The second-order valence-electron chi connectivity index (χ2n) is 6.69. The Hall–Kier alpha value is -3.05. The first-order chi connectivity index (χ1) is 13.9. The smallest absolute Gasteiger partial charge is 0.355 e. The molecule has 0 radical (unpaired) electrons.